The molecule has 4 nitrogen and oxygen atoms in total. The summed E-state index contributed by atoms with van der Waals surface area (Å²) in [6.07, 6.45) is 3.46. The van der Waals surface area contributed by atoms with Crippen molar-refractivity contribution in [2.75, 3.05) is 0 Å². The second kappa shape index (κ2) is 5.34. The Morgan fingerprint density at radius 3 is 3.00 bits per heavy atom. The van der Waals surface area contributed by atoms with Crippen molar-refractivity contribution in [2.24, 2.45) is 0 Å². The Morgan fingerprint density at radius 2 is 2.40 bits per heavy atom. The summed E-state index contributed by atoms with van der Waals surface area (Å²) in [5, 5.41) is 8.76. The van der Waals surface area contributed by atoms with Crippen molar-refractivity contribution in [3.05, 3.63) is 23.9 Å². The SMILES string of the molecule is CCCC(C)Oc1cc(C(=O)O)ccn1. The van der Waals surface area contributed by atoms with Gasteiger partial charge in [0.15, 0.2) is 0 Å². The molecule has 15 heavy (non-hydrogen) atoms. The van der Waals surface area contributed by atoms with Crippen LogP contribution in [0.2, 0.25) is 0 Å². The standard InChI is InChI=1S/C11H15NO3/c1-3-4-8(2)15-10-7-9(11(13)14)5-6-12-10/h5-8H,3-4H2,1-2H3,(H,13,14). The molecule has 82 valence electrons. The molecule has 0 saturated heterocycles. The molecule has 0 aliphatic heterocycles. The highest BCUT2D eigenvalue weighted by atomic mass is 16.5. The molecule has 0 spiro atoms. The van der Waals surface area contributed by atoms with Gasteiger partial charge in [-0.05, 0) is 19.4 Å². The monoisotopic (exact) mass is 209 g/mol. The van der Waals surface area contributed by atoms with Crippen LogP contribution in [0.1, 0.15) is 37.0 Å². The van der Waals surface area contributed by atoms with Gasteiger partial charge in [-0.15, -0.1) is 0 Å². The lowest BCUT2D eigenvalue weighted by atomic mass is 10.2. The first kappa shape index (κ1) is 11.5. The van der Waals surface area contributed by atoms with E-state index in [0.29, 0.717) is 5.88 Å². The Morgan fingerprint density at radius 1 is 1.67 bits per heavy atom. The summed E-state index contributed by atoms with van der Waals surface area (Å²) in [6.45, 7) is 4.01. The van der Waals surface area contributed by atoms with E-state index in [9.17, 15) is 4.79 Å². The molecule has 1 aromatic rings. The quantitative estimate of drug-likeness (QED) is 0.808. The van der Waals surface area contributed by atoms with Crippen molar-refractivity contribution >= 4 is 5.97 Å². The van der Waals surface area contributed by atoms with Gasteiger partial charge in [-0.3, -0.25) is 0 Å². The first-order chi connectivity index (χ1) is 7.13. The van der Waals surface area contributed by atoms with E-state index in [1.807, 2.05) is 6.92 Å². The average Bonchev–Trinajstić information content (AvgIpc) is 2.18. The molecule has 0 aromatic carbocycles. The van der Waals surface area contributed by atoms with Gasteiger partial charge in [0.05, 0.1) is 11.7 Å². The summed E-state index contributed by atoms with van der Waals surface area (Å²) >= 11 is 0. The lowest BCUT2D eigenvalue weighted by Gasteiger charge is -2.12. The van der Waals surface area contributed by atoms with E-state index in [1.54, 1.807) is 0 Å². The summed E-state index contributed by atoms with van der Waals surface area (Å²) in [4.78, 5) is 14.6. The topological polar surface area (TPSA) is 59.4 Å². The average molecular weight is 209 g/mol. The van der Waals surface area contributed by atoms with Gasteiger partial charge in [0.25, 0.3) is 0 Å². The summed E-state index contributed by atoms with van der Waals surface area (Å²) < 4.78 is 5.47. The minimum absolute atomic E-state index is 0.0616. The zero-order valence-corrected chi connectivity index (χ0v) is 8.93. The number of hydrogen-bond donors (Lipinski definition) is 1. The molecular formula is C11H15NO3. The predicted octanol–water partition coefficient (Wildman–Crippen LogP) is 2.35. The predicted molar refractivity (Wildman–Crippen MR) is 56.2 cm³/mol. The van der Waals surface area contributed by atoms with E-state index in [2.05, 4.69) is 11.9 Å². The molecule has 1 atom stereocenters. The first-order valence-corrected chi connectivity index (χ1v) is 4.99. The van der Waals surface area contributed by atoms with Crippen LogP contribution >= 0.6 is 0 Å². The van der Waals surface area contributed by atoms with E-state index >= 15 is 0 Å². The van der Waals surface area contributed by atoms with Crippen LogP contribution in [0, 0.1) is 0 Å². The molecule has 0 radical (unpaired) electrons. The summed E-state index contributed by atoms with van der Waals surface area (Å²) in [5.41, 5.74) is 0.198. The largest absolute Gasteiger partial charge is 0.478 e. The number of nitrogens with zero attached hydrogens (tertiary/aromatic N) is 1. The molecule has 1 rings (SSSR count). The zero-order valence-electron chi connectivity index (χ0n) is 8.93. The number of carbonyl (C=O) groups is 1. The van der Waals surface area contributed by atoms with Crippen molar-refractivity contribution < 1.29 is 14.6 Å². The molecule has 1 unspecified atom stereocenters. The third kappa shape index (κ3) is 3.58. The number of pyridine rings is 1. The highest BCUT2D eigenvalue weighted by Gasteiger charge is 2.07. The van der Waals surface area contributed by atoms with Crippen molar-refractivity contribution in [1.82, 2.24) is 4.98 Å². The van der Waals surface area contributed by atoms with Crippen molar-refractivity contribution in [1.29, 1.82) is 0 Å². The van der Waals surface area contributed by atoms with Crippen molar-refractivity contribution in [3.63, 3.8) is 0 Å². The lowest BCUT2D eigenvalue weighted by molar-refractivity contribution is 0.0695. The number of ether oxygens (including phenoxy) is 1. The third-order valence-electron chi connectivity index (χ3n) is 2.00. The molecule has 1 heterocycles. The molecule has 4 heteroatoms. The first-order valence-electron chi connectivity index (χ1n) is 4.99. The maximum absolute atomic E-state index is 10.7. The Kier molecular flexibility index (Phi) is 4.09. The second-order valence-corrected chi connectivity index (χ2v) is 3.41. The van der Waals surface area contributed by atoms with Crippen LogP contribution in [0.4, 0.5) is 0 Å². The van der Waals surface area contributed by atoms with Gasteiger partial charge in [-0.1, -0.05) is 13.3 Å². The Bertz CT molecular complexity index is 338. The fourth-order valence-electron chi connectivity index (χ4n) is 1.28. The second-order valence-electron chi connectivity index (χ2n) is 3.41. The Hall–Kier alpha value is -1.58. The van der Waals surface area contributed by atoms with Crippen LogP contribution in [0.5, 0.6) is 5.88 Å². The van der Waals surface area contributed by atoms with Crippen molar-refractivity contribution in [3.8, 4) is 5.88 Å². The summed E-state index contributed by atoms with van der Waals surface area (Å²) in [6, 6.07) is 2.88. The number of carboxylic acid groups (broad SMARTS) is 1. The van der Waals surface area contributed by atoms with Crippen LogP contribution in [0.15, 0.2) is 18.3 Å². The fraction of sp³-hybridized carbons (Fsp3) is 0.455. The van der Waals surface area contributed by atoms with Gasteiger partial charge in [-0.2, -0.15) is 0 Å². The minimum Gasteiger partial charge on any atom is -0.478 e. The smallest absolute Gasteiger partial charge is 0.335 e. The van der Waals surface area contributed by atoms with Crippen LogP contribution in [-0.2, 0) is 0 Å². The molecular weight excluding hydrogens is 194 g/mol. The van der Waals surface area contributed by atoms with Gasteiger partial charge in [0.2, 0.25) is 5.88 Å². The number of carboxylic acids is 1. The fourth-order valence-corrected chi connectivity index (χ4v) is 1.28. The van der Waals surface area contributed by atoms with Gasteiger partial charge in [-0.25, -0.2) is 9.78 Å². The van der Waals surface area contributed by atoms with Crippen LogP contribution in [0.25, 0.3) is 0 Å². The number of aromatic nitrogens is 1. The highest BCUT2D eigenvalue weighted by molar-refractivity contribution is 5.87. The van der Waals surface area contributed by atoms with E-state index in [-0.39, 0.29) is 11.7 Å². The molecule has 0 aliphatic carbocycles. The summed E-state index contributed by atoms with van der Waals surface area (Å²) in [7, 11) is 0. The number of hydrogen-bond acceptors (Lipinski definition) is 3. The Balaban J connectivity index is 2.69. The zero-order chi connectivity index (χ0) is 11.3. The molecule has 0 saturated carbocycles. The summed E-state index contributed by atoms with van der Waals surface area (Å²) in [5.74, 6) is -0.596. The molecule has 0 fully saturated rings. The normalized spacial score (nSPS) is 12.1. The van der Waals surface area contributed by atoms with E-state index in [4.69, 9.17) is 9.84 Å². The van der Waals surface area contributed by atoms with Gasteiger partial charge in [0, 0.05) is 12.3 Å². The maximum atomic E-state index is 10.7. The van der Waals surface area contributed by atoms with Gasteiger partial charge in [0.1, 0.15) is 0 Å². The molecule has 0 amide bonds. The molecule has 0 bridgehead atoms. The van der Waals surface area contributed by atoms with Crippen LogP contribution < -0.4 is 4.74 Å². The molecule has 1 aromatic heterocycles. The van der Waals surface area contributed by atoms with Crippen LogP contribution in [0.3, 0.4) is 0 Å². The van der Waals surface area contributed by atoms with E-state index in [0.717, 1.165) is 12.8 Å². The number of aromatic carboxylic acids is 1. The lowest BCUT2D eigenvalue weighted by Crippen LogP contribution is -2.12. The van der Waals surface area contributed by atoms with Crippen molar-refractivity contribution in [2.45, 2.75) is 32.8 Å². The number of rotatable bonds is 5. The Labute approximate surface area is 88.9 Å². The highest BCUT2D eigenvalue weighted by Crippen LogP contribution is 2.12. The van der Waals surface area contributed by atoms with Crippen LogP contribution in [-0.4, -0.2) is 22.2 Å². The molecule has 0 aliphatic rings. The van der Waals surface area contributed by atoms with E-state index < -0.39 is 5.97 Å². The van der Waals surface area contributed by atoms with Gasteiger partial charge < -0.3 is 9.84 Å². The molecule has 1 N–H and O–H groups in total. The minimum atomic E-state index is -0.967. The van der Waals surface area contributed by atoms with Gasteiger partial charge >= 0.3 is 5.97 Å². The maximum Gasteiger partial charge on any atom is 0.335 e. The van der Waals surface area contributed by atoms with E-state index in [1.165, 1.54) is 18.3 Å². The third-order valence-corrected chi connectivity index (χ3v) is 2.00.